The van der Waals surface area contributed by atoms with Crippen LogP contribution < -0.4 is 10.9 Å². The molecule has 2 N–H and O–H groups in total. The van der Waals surface area contributed by atoms with Crippen molar-refractivity contribution in [1.82, 2.24) is 9.97 Å². The zero-order valence-electron chi connectivity index (χ0n) is 11.2. The van der Waals surface area contributed by atoms with Gasteiger partial charge in [0.25, 0.3) is 5.56 Å². The fraction of sp³-hybridized carbons (Fsp3) is 0.333. The average molecular weight is 334 g/mol. The average Bonchev–Trinajstić information content (AvgIpc) is 3.22. The van der Waals surface area contributed by atoms with Gasteiger partial charge in [0.1, 0.15) is 11.6 Å². The van der Waals surface area contributed by atoms with Crippen LogP contribution in [0.4, 0.5) is 5.82 Å². The minimum absolute atomic E-state index is 0.0915. The molecule has 1 unspecified atom stereocenters. The number of nitrogens with one attached hydrogen (secondary N) is 2. The first-order valence-electron chi connectivity index (χ1n) is 6.75. The minimum Gasteiger partial charge on any atom is -0.363 e. The lowest BCUT2D eigenvalue weighted by Gasteiger charge is -2.15. The summed E-state index contributed by atoms with van der Waals surface area (Å²) in [4.78, 5) is 19.0. The number of rotatable bonds is 4. The highest BCUT2D eigenvalue weighted by atomic mass is 79.9. The molecule has 0 saturated heterocycles. The second kappa shape index (κ2) is 5.40. The number of aromatic amines is 1. The van der Waals surface area contributed by atoms with E-state index in [1.165, 1.54) is 6.07 Å². The number of halogens is 1. The van der Waals surface area contributed by atoms with Gasteiger partial charge < -0.3 is 10.3 Å². The number of anilines is 1. The van der Waals surface area contributed by atoms with Crippen LogP contribution in [-0.4, -0.2) is 9.97 Å². The summed E-state index contributed by atoms with van der Waals surface area (Å²) in [7, 11) is 0. The van der Waals surface area contributed by atoms with Gasteiger partial charge in [-0.3, -0.25) is 4.79 Å². The molecule has 0 spiro atoms. The van der Waals surface area contributed by atoms with Gasteiger partial charge >= 0.3 is 0 Å². The van der Waals surface area contributed by atoms with Gasteiger partial charge in [-0.05, 0) is 37.5 Å². The summed E-state index contributed by atoms with van der Waals surface area (Å²) in [5.74, 6) is 1.88. The van der Waals surface area contributed by atoms with Crippen molar-refractivity contribution < 1.29 is 0 Å². The van der Waals surface area contributed by atoms with Crippen LogP contribution in [0.3, 0.4) is 0 Å². The number of benzene rings is 1. The highest BCUT2D eigenvalue weighted by molar-refractivity contribution is 9.10. The van der Waals surface area contributed by atoms with Crippen molar-refractivity contribution in [3.63, 3.8) is 0 Å². The molecule has 5 heteroatoms. The molecule has 0 radical (unpaired) electrons. The molecule has 1 saturated carbocycles. The number of hydrogen-bond acceptors (Lipinski definition) is 3. The van der Waals surface area contributed by atoms with Gasteiger partial charge in [0.15, 0.2) is 0 Å². The molecule has 1 fully saturated rings. The zero-order valence-corrected chi connectivity index (χ0v) is 12.8. The van der Waals surface area contributed by atoms with Crippen LogP contribution in [0, 0.1) is 0 Å². The van der Waals surface area contributed by atoms with Gasteiger partial charge in [-0.15, -0.1) is 0 Å². The number of aromatic nitrogens is 2. The maximum atomic E-state index is 11.7. The van der Waals surface area contributed by atoms with Crippen molar-refractivity contribution in [2.24, 2.45) is 0 Å². The van der Waals surface area contributed by atoms with Crippen LogP contribution in [0.25, 0.3) is 0 Å². The molecule has 104 valence electrons. The van der Waals surface area contributed by atoms with Crippen molar-refractivity contribution in [3.8, 4) is 0 Å². The summed E-state index contributed by atoms with van der Waals surface area (Å²) in [6, 6.07) is 9.71. The summed E-state index contributed by atoms with van der Waals surface area (Å²) in [6.07, 6.45) is 2.24. The lowest BCUT2D eigenvalue weighted by atomic mass is 10.1. The second-order valence-corrected chi connectivity index (χ2v) is 6.13. The third kappa shape index (κ3) is 3.10. The van der Waals surface area contributed by atoms with E-state index < -0.39 is 0 Å². The van der Waals surface area contributed by atoms with Crippen LogP contribution in [0.2, 0.25) is 0 Å². The largest absolute Gasteiger partial charge is 0.363 e. The predicted octanol–water partition coefficient (Wildman–Crippen LogP) is 3.58. The predicted molar refractivity (Wildman–Crippen MR) is 83.0 cm³/mol. The number of hydrogen-bond donors (Lipinski definition) is 2. The fourth-order valence-electron chi connectivity index (χ4n) is 2.18. The van der Waals surface area contributed by atoms with E-state index in [-0.39, 0.29) is 11.6 Å². The third-order valence-electron chi connectivity index (χ3n) is 3.44. The molecular weight excluding hydrogens is 318 g/mol. The van der Waals surface area contributed by atoms with Crippen molar-refractivity contribution in [2.45, 2.75) is 31.7 Å². The Kier molecular flexibility index (Phi) is 3.61. The van der Waals surface area contributed by atoms with E-state index in [1.54, 1.807) is 0 Å². The van der Waals surface area contributed by atoms with E-state index >= 15 is 0 Å². The monoisotopic (exact) mass is 333 g/mol. The van der Waals surface area contributed by atoms with E-state index in [4.69, 9.17) is 0 Å². The Hall–Kier alpha value is -1.62. The van der Waals surface area contributed by atoms with Crippen LogP contribution in [0.5, 0.6) is 0 Å². The van der Waals surface area contributed by atoms with Crippen molar-refractivity contribution >= 4 is 21.7 Å². The standard InChI is InChI=1S/C15H16BrN3O/c1-9(11-3-2-4-12(16)7-11)17-13-8-14(20)19-15(18-13)10-5-6-10/h2-4,7-10H,5-6H2,1H3,(H2,17,18,19,20). The molecule has 1 atom stereocenters. The first kappa shape index (κ1) is 13.4. The molecule has 1 heterocycles. The molecule has 1 aliphatic carbocycles. The molecule has 1 aromatic carbocycles. The van der Waals surface area contributed by atoms with E-state index in [0.717, 1.165) is 28.7 Å². The summed E-state index contributed by atoms with van der Waals surface area (Å²) < 4.78 is 1.04. The first-order valence-corrected chi connectivity index (χ1v) is 7.54. The second-order valence-electron chi connectivity index (χ2n) is 5.21. The lowest BCUT2D eigenvalue weighted by molar-refractivity contribution is 0.847. The Bertz CT molecular complexity index is 679. The van der Waals surface area contributed by atoms with Gasteiger partial charge in [-0.2, -0.15) is 0 Å². The lowest BCUT2D eigenvalue weighted by Crippen LogP contribution is -2.15. The summed E-state index contributed by atoms with van der Waals surface area (Å²) in [5.41, 5.74) is 1.06. The molecule has 20 heavy (non-hydrogen) atoms. The van der Waals surface area contributed by atoms with Gasteiger partial charge in [-0.1, -0.05) is 28.1 Å². The van der Waals surface area contributed by atoms with E-state index in [0.29, 0.717) is 11.7 Å². The molecule has 0 amide bonds. The van der Waals surface area contributed by atoms with Gasteiger partial charge in [0, 0.05) is 22.5 Å². The molecule has 1 aromatic heterocycles. The van der Waals surface area contributed by atoms with Gasteiger partial charge in [0.2, 0.25) is 0 Å². The third-order valence-corrected chi connectivity index (χ3v) is 3.93. The van der Waals surface area contributed by atoms with Crippen LogP contribution >= 0.6 is 15.9 Å². The van der Waals surface area contributed by atoms with Crippen LogP contribution in [-0.2, 0) is 0 Å². The SMILES string of the molecule is CC(Nc1cc(=O)[nH]c(C2CC2)n1)c1cccc(Br)c1. The van der Waals surface area contributed by atoms with Crippen molar-refractivity contribution in [2.75, 3.05) is 5.32 Å². The Labute approximate surface area is 125 Å². The summed E-state index contributed by atoms with van der Waals surface area (Å²) in [5, 5.41) is 3.30. The molecule has 0 bridgehead atoms. The van der Waals surface area contributed by atoms with E-state index in [2.05, 4.69) is 50.3 Å². The topological polar surface area (TPSA) is 57.8 Å². The first-order chi connectivity index (χ1) is 9.61. The quantitative estimate of drug-likeness (QED) is 0.898. The van der Waals surface area contributed by atoms with Crippen LogP contribution in [0.15, 0.2) is 39.6 Å². The zero-order chi connectivity index (χ0) is 14.1. The Balaban J connectivity index is 1.81. The summed E-state index contributed by atoms with van der Waals surface area (Å²) >= 11 is 3.47. The van der Waals surface area contributed by atoms with E-state index in [9.17, 15) is 4.79 Å². The minimum atomic E-state index is -0.0918. The van der Waals surface area contributed by atoms with Crippen molar-refractivity contribution in [3.05, 3.63) is 56.5 Å². The molecule has 3 rings (SSSR count). The van der Waals surface area contributed by atoms with Gasteiger partial charge in [0.05, 0.1) is 0 Å². The normalized spacial score (nSPS) is 15.9. The Morgan fingerprint density at radius 1 is 1.40 bits per heavy atom. The molecule has 0 aliphatic heterocycles. The number of H-pyrrole nitrogens is 1. The number of nitrogens with zero attached hydrogens (tertiary/aromatic N) is 1. The smallest absolute Gasteiger partial charge is 0.252 e. The van der Waals surface area contributed by atoms with Crippen molar-refractivity contribution in [1.29, 1.82) is 0 Å². The highest BCUT2D eigenvalue weighted by Gasteiger charge is 2.26. The van der Waals surface area contributed by atoms with Crippen LogP contribution in [0.1, 0.15) is 43.1 Å². The maximum absolute atomic E-state index is 11.7. The molecule has 1 aliphatic rings. The molecule has 4 nitrogen and oxygen atoms in total. The van der Waals surface area contributed by atoms with Gasteiger partial charge in [-0.25, -0.2) is 4.98 Å². The Morgan fingerprint density at radius 3 is 2.90 bits per heavy atom. The maximum Gasteiger partial charge on any atom is 0.252 e. The fourth-order valence-corrected chi connectivity index (χ4v) is 2.60. The Morgan fingerprint density at radius 2 is 2.20 bits per heavy atom. The van der Waals surface area contributed by atoms with E-state index in [1.807, 2.05) is 12.1 Å². The summed E-state index contributed by atoms with van der Waals surface area (Å²) in [6.45, 7) is 2.06. The molecular formula is C15H16BrN3O. The highest BCUT2D eigenvalue weighted by Crippen LogP contribution is 2.37. The molecule has 2 aromatic rings.